The van der Waals surface area contributed by atoms with Crippen LogP contribution >= 0.6 is 0 Å². The molecule has 0 fully saturated rings. The predicted octanol–water partition coefficient (Wildman–Crippen LogP) is 0.453. The normalized spacial score (nSPS) is 14.8. The van der Waals surface area contributed by atoms with Gasteiger partial charge in [-0.2, -0.15) is 5.10 Å². The predicted molar refractivity (Wildman–Crippen MR) is 61.8 cm³/mol. The molecule has 0 bridgehead atoms. The number of nitrogens with zero attached hydrogens (tertiary/aromatic N) is 2. The molecule has 0 radical (unpaired) electrons. The molecule has 1 aliphatic rings. The number of amides is 2. The van der Waals surface area contributed by atoms with Crippen LogP contribution in [0.25, 0.3) is 0 Å². The second-order valence-corrected chi connectivity index (χ2v) is 3.38. The van der Waals surface area contributed by atoms with Crippen LogP contribution in [-0.4, -0.2) is 35.5 Å². The lowest BCUT2D eigenvalue weighted by molar-refractivity contribution is -0.123. The zero-order chi connectivity index (χ0) is 12.0. The van der Waals surface area contributed by atoms with Crippen molar-refractivity contribution in [2.24, 2.45) is 5.10 Å². The standard InChI is InChI=1S/C11H15N3O2/c1-3-7-14(8-4-2)11(16)9-5-6-10(15)13-12-9/h3-4H,1-2,5-8H2,(H,13,15). The van der Waals surface area contributed by atoms with Crippen molar-refractivity contribution >= 4 is 17.5 Å². The highest BCUT2D eigenvalue weighted by Crippen LogP contribution is 2.04. The molecular formula is C11H15N3O2. The van der Waals surface area contributed by atoms with Gasteiger partial charge in [-0.1, -0.05) is 12.2 Å². The molecule has 16 heavy (non-hydrogen) atoms. The van der Waals surface area contributed by atoms with Crippen LogP contribution in [0.5, 0.6) is 0 Å². The molecule has 0 aromatic carbocycles. The number of carbonyl (C=O) groups excluding carboxylic acids is 2. The second-order valence-electron chi connectivity index (χ2n) is 3.38. The van der Waals surface area contributed by atoms with Gasteiger partial charge >= 0.3 is 0 Å². The molecule has 0 aromatic rings. The number of hydrogen-bond donors (Lipinski definition) is 1. The lowest BCUT2D eigenvalue weighted by Gasteiger charge is -2.21. The van der Waals surface area contributed by atoms with Gasteiger partial charge in [-0.15, -0.1) is 13.2 Å². The van der Waals surface area contributed by atoms with E-state index in [0.717, 1.165) is 0 Å². The Morgan fingerprint density at radius 2 is 2.00 bits per heavy atom. The number of hydrogen-bond acceptors (Lipinski definition) is 3. The van der Waals surface area contributed by atoms with E-state index in [1.54, 1.807) is 17.1 Å². The Morgan fingerprint density at radius 3 is 2.44 bits per heavy atom. The van der Waals surface area contributed by atoms with Crippen LogP contribution in [0.3, 0.4) is 0 Å². The Morgan fingerprint density at radius 1 is 1.38 bits per heavy atom. The molecule has 0 spiro atoms. The van der Waals surface area contributed by atoms with E-state index in [1.807, 2.05) is 0 Å². The fourth-order valence-corrected chi connectivity index (χ4v) is 1.36. The maximum atomic E-state index is 11.9. The fourth-order valence-electron chi connectivity index (χ4n) is 1.36. The van der Waals surface area contributed by atoms with Crippen LogP contribution < -0.4 is 5.43 Å². The molecule has 86 valence electrons. The van der Waals surface area contributed by atoms with Gasteiger partial charge in [0.2, 0.25) is 5.91 Å². The average Bonchev–Trinajstić information content (AvgIpc) is 2.29. The van der Waals surface area contributed by atoms with Crippen molar-refractivity contribution in [2.45, 2.75) is 12.8 Å². The summed E-state index contributed by atoms with van der Waals surface area (Å²) in [5.74, 6) is -0.338. The quantitative estimate of drug-likeness (QED) is 0.685. The molecule has 0 unspecified atom stereocenters. The van der Waals surface area contributed by atoms with Crippen molar-refractivity contribution in [3.05, 3.63) is 25.3 Å². The Balaban J connectivity index is 2.70. The SMILES string of the molecule is C=CCN(CC=C)C(=O)C1=NNC(=O)CC1. The molecular weight excluding hydrogens is 206 g/mol. The Hall–Kier alpha value is -1.91. The highest BCUT2D eigenvalue weighted by molar-refractivity contribution is 6.39. The summed E-state index contributed by atoms with van der Waals surface area (Å²) in [4.78, 5) is 24.4. The Kier molecular flexibility index (Phi) is 4.44. The average molecular weight is 221 g/mol. The Labute approximate surface area is 94.5 Å². The van der Waals surface area contributed by atoms with Crippen LogP contribution in [-0.2, 0) is 9.59 Å². The summed E-state index contributed by atoms with van der Waals surface area (Å²) in [5.41, 5.74) is 2.68. The maximum absolute atomic E-state index is 11.9. The first-order valence-electron chi connectivity index (χ1n) is 5.05. The third-order valence-corrected chi connectivity index (χ3v) is 2.14. The highest BCUT2D eigenvalue weighted by atomic mass is 16.2. The second kappa shape index (κ2) is 5.85. The third-order valence-electron chi connectivity index (χ3n) is 2.14. The van der Waals surface area contributed by atoms with Crippen molar-refractivity contribution in [3.63, 3.8) is 0 Å². The first-order chi connectivity index (χ1) is 7.69. The summed E-state index contributed by atoms with van der Waals surface area (Å²) >= 11 is 0. The van der Waals surface area contributed by atoms with Gasteiger partial charge in [-0.05, 0) is 0 Å². The third kappa shape index (κ3) is 3.05. The van der Waals surface area contributed by atoms with Gasteiger partial charge in [0.05, 0.1) is 0 Å². The summed E-state index contributed by atoms with van der Waals surface area (Å²) < 4.78 is 0. The Bertz CT molecular complexity index is 337. The monoisotopic (exact) mass is 221 g/mol. The van der Waals surface area contributed by atoms with Gasteiger partial charge in [-0.3, -0.25) is 9.59 Å². The number of rotatable bonds is 5. The van der Waals surface area contributed by atoms with Crippen molar-refractivity contribution in [2.75, 3.05) is 13.1 Å². The van der Waals surface area contributed by atoms with Crippen molar-refractivity contribution in [1.82, 2.24) is 10.3 Å². The summed E-state index contributed by atoms with van der Waals surface area (Å²) in [6, 6.07) is 0. The molecule has 0 saturated carbocycles. The van der Waals surface area contributed by atoms with Gasteiger partial charge in [0.25, 0.3) is 5.91 Å². The molecule has 0 saturated heterocycles. The molecule has 0 atom stereocenters. The molecule has 1 aliphatic heterocycles. The zero-order valence-corrected chi connectivity index (χ0v) is 9.11. The fraction of sp³-hybridized carbons (Fsp3) is 0.364. The van der Waals surface area contributed by atoms with E-state index >= 15 is 0 Å². The number of nitrogens with one attached hydrogen (secondary N) is 1. The molecule has 1 heterocycles. The molecule has 0 aliphatic carbocycles. The lowest BCUT2D eigenvalue weighted by atomic mass is 10.1. The van der Waals surface area contributed by atoms with E-state index in [4.69, 9.17) is 0 Å². The van der Waals surface area contributed by atoms with Crippen LogP contribution in [0.4, 0.5) is 0 Å². The number of carbonyl (C=O) groups is 2. The van der Waals surface area contributed by atoms with Crippen LogP contribution in [0.15, 0.2) is 30.4 Å². The molecule has 2 amide bonds. The van der Waals surface area contributed by atoms with Crippen LogP contribution in [0.2, 0.25) is 0 Å². The summed E-state index contributed by atoms with van der Waals surface area (Å²) in [5, 5.41) is 3.75. The summed E-state index contributed by atoms with van der Waals surface area (Å²) in [7, 11) is 0. The van der Waals surface area contributed by atoms with Crippen molar-refractivity contribution < 1.29 is 9.59 Å². The zero-order valence-electron chi connectivity index (χ0n) is 9.11. The molecule has 1 N–H and O–H groups in total. The van der Waals surface area contributed by atoms with E-state index in [9.17, 15) is 9.59 Å². The smallest absolute Gasteiger partial charge is 0.270 e. The minimum Gasteiger partial charge on any atom is -0.330 e. The van der Waals surface area contributed by atoms with Crippen LogP contribution in [0, 0.1) is 0 Å². The van der Waals surface area contributed by atoms with Gasteiger partial charge in [0.15, 0.2) is 0 Å². The highest BCUT2D eigenvalue weighted by Gasteiger charge is 2.21. The largest absolute Gasteiger partial charge is 0.330 e. The minimum absolute atomic E-state index is 0.157. The molecule has 1 rings (SSSR count). The number of hydrazone groups is 1. The summed E-state index contributed by atoms with van der Waals surface area (Å²) in [6.45, 7) is 8.05. The van der Waals surface area contributed by atoms with E-state index in [2.05, 4.69) is 23.7 Å². The van der Waals surface area contributed by atoms with Crippen molar-refractivity contribution in [1.29, 1.82) is 0 Å². The maximum Gasteiger partial charge on any atom is 0.270 e. The molecule has 0 aromatic heterocycles. The first kappa shape index (κ1) is 12.2. The van der Waals surface area contributed by atoms with E-state index in [-0.39, 0.29) is 11.8 Å². The topological polar surface area (TPSA) is 61.8 Å². The molecule has 5 heteroatoms. The molecule has 5 nitrogen and oxygen atoms in total. The minimum atomic E-state index is -0.181. The first-order valence-corrected chi connectivity index (χ1v) is 5.05. The van der Waals surface area contributed by atoms with Crippen molar-refractivity contribution in [3.8, 4) is 0 Å². The van der Waals surface area contributed by atoms with Gasteiger partial charge < -0.3 is 4.90 Å². The van der Waals surface area contributed by atoms with Crippen LogP contribution in [0.1, 0.15) is 12.8 Å². The summed E-state index contributed by atoms with van der Waals surface area (Å²) in [6.07, 6.45) is 3.97. The van der Waals surface area contributed by atoms with E-state index < -0.39 is 0 Å². The van der Waals surface area contributed by atoms with Gasteiger partial charge in [0, 0.05) is 25.9 Å². The van der Waals surface area contributed by atoms with E-state index in [1.165, 1.54) is 0 Å². The van der Waals surface area contributed by atoms with E-state index in [0.29, 0.717) is 31.6 Å². The lowest BCUT2D eigenvalue weighted by Crippen LogP contribution is -2.40. The van der Waals surface area contributed by atoms with Gasteiger partial charge in [-0.25, -0.2) is 5.43 Å². The van der Waals surface area contributed by atoms with Gasteiger partial charge in [0.1, 0.15) is 5.71 Å².